The number of phenolic OH excluding ortho intramolecular Hbond substituents is 1. The number of aryl methyl sites for hydroxylation is 3. The third-order valence-electron chi connectivity index (χ3n) is 9.53. The average Bonchev–Trinajstić information content (AvgIpc) is 2.88. The molecule has 4 nitrogen and oxygen atoms in total. The van der Waals surface area contributed by atoms with Crippen molar-refractivity contribution in [3.8, 4) is 5.75 Å². The number of aliphatic hydroxyl groups excluding tert-OH is 1. The van der Waals surface area contributed by atoms with Gasteiger partial charge in [-0.2, -0.15) is 0 Å². The van der Waals surface area contributed by atoms with Crippen molar-refractivity contribution in [3.05, 3.63) is 105 Å². The third-order valence-corrected chi connectivity index (χ3v) is 9.53. The highest BCUT2D eigenvalue weighted by molar-refractivity contribution is 6.00. The molecule has 3 atom stereocenters. The number of aromatic hydroxyl groups is 1. The van der Waals surface area contributed by atoms with Gasteiger partial charge in [0.05, 0.1) is 0 Å². The van der Waals surface area contributed by atoms with Crippen LogP contribution in [0.2, 0.25) is 0 Å². The number of phenols is 1. The van der Waals surface area contributed by atoms with Crippen molar-refractivity contribution in [3.63, 3.8) is 0 Å². The minimum absolute atomic E-state index is 0.0333. The fourth-order valence-electron chi connectivity index (χ4n) is 7.51. The van der Waals surface area contributed by atoms with E-state index in [-0.39, 0.29) is 40.6 Å². The lowest BCUT2D eigenvalue weighted by Crippen LogP contribution is -2.50. The number of hydrogen-bond donors (Lipinski definition) is 3. The highest BCUT2D eigenvalue weighted by atomic mass is 16.3. The van der Waals surface area contributed by atoms with E-state index in [0.717, 1.165) is 36.0 Å². The van der Waals surface area contributed by atoms with Gasteiger partial charge in [0.2, 0.25) is 0 Å². The summed E-state index contributed by atoms with van der Waals surface area (Å²) in [5, 5.41) is 35.3. The van der Waals surface area contributed by atoms with E-state index in [2.05, 4.69) is 64.3 Å². The molecule has 0 unspecified atom stereocenters. The smallest absolute Gasteiger partial charge is 0.160 e. The Morgan fingerprint density at radius 2 is 1.75 bits per heavy atom. The molecule has 2 aromatic carbocycles. The van der Waals surface area contributed by atoms with Crippen LogP contribution in [0.25, 0.3) is 5.57 Å². The number of carbonyl (C=O) groups is 1. The highest BCUT2D eigenvalue weighted by Crippen LogP contribution is 2.57. The summed E-state index contributed by atoms with van der Waals surface area (Å²) < 4.78 is 0. The number of hydrogen-bond acceptors (Lipinski definition) is 4. The molecule has 210 valence electrons. The Labute approximate surface area is 238 Å². The number of carbonyl (C=O) groups excluding carboxylic acids is 1. The molecule has 3 aliphatic rings. The number of allylic oxidation sites excluding steroid dienone is 3. The lowest BCUT2D eigenvalue weighted by Gasteiger charge is -2.49. The van der Waals surface area contributed by atoms with E-state index in [1.54, 1.807) is 0 Å². The summed E-state index contributed by atoms with van der Waals surface area (Å²) in [5.74, 6) is -0.135. The molecule has 0 aromatic heterocycles. The maximum absolute atomic E-state index is 12.5. The molecule has 5 rings (SSSR count). The van der Waals surface area contributed by atoms with Gasteiger partial charge < -0.3 is 15.3 Å². The summed E-state index contributed by atoms with van der Waals surface area (Å²) in [4.78, 5) is 12.5. The first kappa shape index (κ1) is 28.2. The van der Waals surface area contributed by atoms with Crippen LogP contribution in [-0.4, -0.2) is 26.7 Å². The fraction of sp³-hybridized carbons (Fsp3) is 0.417. The summed E-state index contributed by atoms with van der Waals surface area (Å²) >= 11 is 0. The van der Waals surface area contributed by atoms with Gasteiger partial charge in [-0.15, -0.1) is 0 Å². The third kappa shape index (κ3) is 4.37. The van der Waals surface area contributed by atoms with Crippen LogP contribution in [0.1, 0.15) is 86.3 Å². The zero-order chi connectivity index (χ0) is 29.1. The Hall–Kier alpha value is -3.37. The van der Waals surface area contributed by atoms with Gasteiger partial charge in [0.15, 0.2) is 5.78 Å². The maximum Gasteiger partial charge on any atom is 0.160 e. The molecule has 3 N–H and O–H groups in total. The average molecular weight is 539 g/mol. The number of Topliss-reactive ketones (excluding diaryl/α,β-unsaturated/α-hetero) is 1. The minimum atomic E-state index is -1.71. The van der Waals surface area contributed by atoms with E-state index in [9.17, 15) is 20.1 Å². The lowest BCUT2D eigenvalue weighted by atomic mass is 9.57. The van der Waals surface area contributed by atoms with Crippen molar-refractivity contribution in [2.24, 2.45) is 11.8 Å². The Kier molecular flexibility index (Phi) is 7.20. The van der Waals surface area contributed by atoms with Crippen LogP contribution in [0.4, 0.5) is 0 Å². The molecule has 0 bridgehead atoms. The Bertz CT molecular complexity index is 1480. The van der Waals surface area contributed by atoms with Crippen LogP contribution in [-0.2, 0) is 24.1 Å². The normalized spacial score (nSPS) is 24.3. The van der Waals surface area contributed by atoms with Gasteiger partial charge in [0.1, 0.15) is 17.1 Å². The molecule has 3 aliphatic carbocycles. The number of ketones is 1. The molecule has 4 heteroatoms. The molecule has 0 amide bonds. The highest BCUT2D eigenvalue weighted by Gasteiger charge is 2.54. The minimum Gasteiger partial charge on any atom is -0.509 e. The monoisotopic (exact) mass is 538 g/mol. The molecular formula is C36H42O4. The maximum atomic E-state index is 12.5. The van der Waals surface area contributed by atoms with Gasteiger partial charge in [-0.1, -0.05) is 68.5 Å². The Morgan fingerprint density at radius 1 is 1.07 bits per heavy atom. The fourth-order valence-corrected chi connectivity index (χ4v) is 7.51. The standard InChI is InChI=1S/C36H42O4/c1-19(2)29-17-26(10-8-9-25-13-11-20(3)12-14-25)34(38)33-22(5)32-27(18-30(29)33)16-28-15-21(4)31(24(7)37)23(6)36(28,40)35(32)39/h11-14,17,19,27-28,38-40H,5-6,8-10,15-16,18H2,1-4,7H3/t27-,28-,36+/m1/s1. The van der Waals surface area contributed by atoms with Crippen molar-refractivity contribution in [2.45, 2.75) is 84.7 Å². The van der Waals surface area contributed by atoms with Crippen LogP contribution in [0.3, 0.4) is 0 Å². The summed E-state index contributed by atoms with van der Waals surface area (Å²) in [7, 11) is 0. The molecular weight excluding hydrogens is 496 g/mol. The molecule has 0 saturated carbocycles. The first-order chi connectivity index (χ1) is 18.9. The summed E-state index contributed by atoms with van der Waals surface area (Å²) in [6.07, 6.45) is 4.39. The van der Waals surface area contributed by atoms with Crippen LogP contribution in [0, 0.1) is 18.8 Å². The Morgan fingerprint density at radius 3 is 2.38 bits per heavy atom. The van der Waals surface area contributed by atoms with E-state index >= 15 is 0 Å². The van der Waals surface area contributed by atoms with Gasteiger partial charge in [-0.25, -0.2) is 0 Å². The van der Waals surface area contributed by atoms with Gasteiger partial charge in [-0.05, 0) is 105 Å². The van der Waals surface area contributed by atoms with Crippen LogP contribution in [0.5, 0.6) is 5.75 Å². The molecule has 0 saturated heterocycles. The van der Waals surface area contributed by atoms with Crippen LogP contribution < -0.4 is 0 Å². The molecule has 0 heterocycles. The zero-order valence-corrected chi connectivity index (χ0v) is 24.5. The van der Waals surface area contributed by atoms with Crippen molar-refractivity contribution >= 4 is 11.4 Å². The molecule has 0 aliphatic heterocycles. The number of fused-ring (bicyclic) bond motifs is 3. The number of aliphatic hydroxyl groups is 2. The lowest BCUT2D eigenvalue weighted by molar-refractivity contribution is -0.114. The quantitative estimate of drug-likeness (QED) is 0.354. The second kappa shape index (κ2) is 10.2. The molecule has 2 aromatic rings. The van der Waals surface area contributed by atoms with E-state index < -0.39 is 5.60 Å². The van der Waals surface area contributed by atoms with Gasteiger partial charge >= 0.3 is 0 Å². The number of rotatable bonds is 6. The molecule has 0 fully saturated rings. The van der Waals surface area contributed by atoms with Crippen molar-refractivity contribution < 1.29 is 20.1 Å². The van der Waals surface area contributed by atoms with E-state index in [1.165, 1.54) is 23.6 Å². The van der Waals surface area contributed by atoms with Gasteiger partial charge in [-0.3, -0.25) is 4.79 Å². The Balaban J connectivity index is 1.55. The number of benzene rings is 2. The SMILES string of the molecule is C=C1C2=C(O)[C@]3(O)C(=C)C(C(C)=O)=C(C)C[C@@H]3C[C@@H]2Cc2c(C(C)C)cc(CCCc3ccc(C)cc3)c(O)c21. The van der Waals surface area contributed by atoms with Gasteiger partial charge in [0.25, 0.3) is 0 Å². The second-order valence-electron chi connectivity index (χ2n) is 12.6. The second-order valence-corrected chi connectivity index (χ2v) is 12.6. The van der Waals surface area contributed by atoms with Crippen LogP contribution in [0.15, 0.2) is 71.5 Å². The van der Waals surface area contributed by atoms with Gasteiger partial charge in [0, 0.05) is 22.6 Å². The summed E-state index contributed by atoms with van der Waals surface area (Å²) in [6.45, 7) is 18.3. The molecule has 0 spiro atoms. The topological polar surface area (TPSA) is 77.8 Å². The van der Waals surface area contributed by atoms with Crippen LogP contribution >= 0.6 is 0 Å². The molecule has 40 heavy (non-hydrogen) atoms. The summed E-state index contributed by atoms with van der Waals surface area (Å²) in [5.41, 5.74) is 7.46. The first-order valence-corrected chi connectivity index (χ1v) is 14.5. The van der Waals surface area contributed by atoms with Crippen molar-refractivity contribution in [1.82, 2.24) is 0 Å². The predicted octanol–water partition coefficient (Wildman–Crippen LogP) is 7.61. The zero-order valence-electron chi connectivity index (χ0n) is 24.5. The van der Waals surface area contributed by atoms with E-state index in [0.29, 0.717) is 41.5 Å². The molecule has 0 radical (unpaired) electrons. The van der Waals surface area contributed by atoms with Crippen molar-refractivity contribution in [1.29, 1.82) is 0 Å². The first-order valence-electron chi connectivity index (χ1n) is 14.5. The largest absolute Gasteiger partial charge is 0.509 e. The summed E-state index contributed by atoms with van der Waals surface area (Å²) in [6, 6.07) is 10.7. The predicted molar refractivity (Wildman–Crippen MR) is 161 cm³/mol. The van der Waals surface area contributed by atoms with E-state index in [4.69, 9.17) is 0 Å². The van der Waals surface area contributed by atoms with E-state index in [1.807, 2.05) is 6.92 Å². The van der Waals surface area contributed by atoms with Crippen molar-refractivity contribution in [2.75, 3.05) is 0 Å².